The normalized spacial score (nSPS) is 13.0. The van der Waals surface area contributed by atoms with Crippen LogP contribution in [0.25, 0.3) is 22.6 Å². The van der Waals surface area contributed by atoms with E-state index in [0.29, 0.717) is 0 Å². The number of nitrogens with one attached hydrogen (secondary N) is 1. The number of benzene rings is 1. The van der Waals surface area contributed by atoms with Crippen molar-refractivity contribution in [3.05, 3.63) is 42.2 Å². The van der Waals surface area contributed by atoms with E-state index in [0.717, 1.165) is 29.0 Å². The summed E-state index contributed by atoms with van der Waals surface area (Å²) >= 11 is 0. The zero-order valence-electron chi connectivity index (χ0n) is 10.2. The molecule has 2 aromatic heterocycles. The van der Waals surface area contributed by atoms with Gasteiger partial charge >= 0.3 is 0 Å². The highest BCUT2D eigenvalue weighted by atomic mass is 16.3. The standard InChI is InChI=1S/C14H15N3O/c1-9(15)7-10-4-5-11-12(8-10)17-14(16-11)13-3-2-6-18-13/h2-6,8-9H,7,15H2,1H3,(H,16,17). The molecule has 92 valence electrons. The monoisotopic (exact) mass is 241 g/mol. The molecule has 0 aliphatic heterocycles. The minimum absolute atomic E-state index is 0.162. The maximum Gasteiger partial charge on any atom is 0.174 e. The van der Waals surface area contributed by atoms with Crippen molar-refractivity contribution in [2.45, 2.75) is 19.4 Å². The lowest BCUT2D eigenvalue weighted by Crippen LogP contribution is -2.17. The highest BCUT2D eigenvalue weighted by molar-refractivity contribution is 5.79. The SMILES string of the molecule is CC(N)Cc1ccc2nc(-c3ccco3)[nH]c2c1. The maximum absolute atomic E-state index is 5.81. The molecule has 0 spiro atoms. The molecule has 3 aromatic rings. The van der Waals surface area contributed by atoms with E-state index in [4.69, 9.17) is 10.2 Å². The number of furan rings is 1. The van der Waals surface area contributed by atoms with E-state index in [2.05, 4.69) is 22.1 Å². The lowest BCUT2D eigenvalue weighted by Gasteiger charge is -2.04. The molecule has 1 aromatic carbocycles. The summed E-state index contributed by atoms with van der Waals surface area (Å²) in [5.74, 6) is 1.51. The van der Waals surface area contributed by atoms with Gasteiger partial charge in [0, 0.05) is 6.04 Å². The fourth-order valence-corrected chi connectivity index (χ4v) is 2.09. The van der Waals surface area contributed by atoms with Crippen LogP contribution in [-0.4, -0.2) is 16.0 Å². The van der Waals surface area contributed by atoms with E-state index in [-0.39, 0.29) is 6.04 Å². The molecule has 0 saturated heterocycles. The molecule has 0 saturated carbocycles. The number of imidazole rings is 1. The van der Waals surface area contributed by atoms with Gasteiger partial charge in [-0.25, -0.2) is 4.98 Å². The molecule has 0 fully saturated rings. The highest BCUT2D eigenvalue weighted by Gasteiger charge is 2.08. The number of aromatic nitrogens is 2. The van der Waals surface area contributed by atoms with Gasteiger partial charge < -0.3 is 15.1 Å². The lowest BCUT2D eigenvalue weighted by atomic mass is 10.1. The Kier molecular flexibility index (Phi) is 2.64. The molecule has 3 N–H and O–H groups in total. The van der Waals surface area contributed by atoms with Crippen LogP contribution in [0.2, 0.25) is 0 Å². The van der Waals surface area contributed by atoms with Crippen molar-refractivity contribution in [1.29, 1.82) is 0 Å². The minimum atomic E-state index is 0.162. The Labute approximate surface area is 105 Å². The Bertz CT molecular complexity index is 653. The minimum Gasteiger partial charge on any atom is -0.461 e. The van der Waals surface area contributed by atoms with Crippen molar-refractivity contribution in [2.24, 2.45) is 5.73 Å². The molecular weight excluding hydrogens is 226 g/mol. The van der Waals surface area contributed by atoms with Gasteiger partial charge in [-0.15, -0.1) is 0 Å². The third-order valence-electron chi connectivity index (χ3n) is 2.86. The molecular formula is C14H15N3O. The van der Waals surface area contributed by atoms with Gasteiger partial charge in [-0.1, -0.05) is 6.07 Å². The topological polar surface area (TPSA) is 67.8 Å². The largest absolute Gasteiger partial charge is 0.461 e. The maximum atomic E-state index is 5.81. The molecule has 0 bridgehead atoms. The van der Waals surface area contributed by atoms with Gasteiger partial charge in [-0.05, 0) is 43.2 Å². The number of hydrogen-bond donors (Lipinski definition) is 2. The fraction of sp³-hybridized carbons (Fsp3) is 0.214. The number of rotatable bonds is 3. The third kappa shape index (κ3) is 2.02. The predicted molar refractivity (Wildman–Crippen MR) is 71.1 cm³/mol. The third-order valence-corrected chi connectivity index (χ3v) is 2.86. The number of H-pyrrole nitrogens is 1. The van der Waals surface area contributed by atoms with E-state index in [1.54, 1.807) is 6.26 Å². The van der Waals surface area contributed by atoms with Gasteiger partial charge in [0.05, 0.1) is 17.3 Å². The average Bonchev–Trinajstić information content (AvgIpc) is 2.95. The summed E-state index contributed by atoms with van der Waals surface area (Å²) in [6, 6.07) is 10.1. The van der Waals surface area contributed by atoms with Crippen molar-refractivity contribution >= 4 is 11.0 Å². The molecule has 0 amide bonds. The van der Waals surface area contributed by atoms with E-state index in [9.17, 15) is 0 Å². The van der Waals surface area contributed by atoms with Crippen molar-refractivity contribution in [3.63, 3.8) is 0 Å². The van der Waals surface area contributed by atoms with Crippen LogP contribution in [0.3, 0.4) is 0 Å². The predicted octanol–water partition coefficient (Wildman–Crippen LogP) is 2.71. The second-order valence-electron chi connectivity index (χ2n) is 4.60. The lowest BCUT2D eigenvalue weighted by molar-refractivity contribution is 0.578. The molecule has 3 rings (SSSR count). The fourth-order valence-electron chi connectivity index (χ4n) is 2.09. The first-order valence-electron chi connectivity index (χ1n) is 6.00. The van der Waals surface area contributed by atoms with Gasteiger partial charge in [0.25, 0.3) is 0 Å². The van der Waals surface area contributed by atoms with E-state index in [1.807, 2.05) is 25.1 Å². The van der Waals surface area contributed by atoms with Crippen molar-refractivity contribution in [3.8, 4) is 11.6 Å². The molecule has 18 heavy (non-hydrogen) atoms. The number of hydrogen-bond acceptors (Lipinski definition) is 3. The van der Waals surface area contributed by atoms with Crippen LogP contribution < -0.4 is 5.73 Å². The average molecular weight is 241 g/mol. The van der Waals surface area contributed by atoms with Gasteiger partial charge in [0.15, 0.2) is 11.6 Å². The Morgan fingerprint density at radius 2 is 2.28 bits per heavy atom. The van der Waals surface area contributed by atoms with Crippen LogP contribution in [0.4, 0.5) is 0 Å². The van der Waals surface area contributed by atoms with Gasteiger partial charge in [0.2, 0.25) is 0 Å². The van der Waals surface area contributed by atoms with Gasteiger partial charge in [0.1, 0.15) is 0 Å². The van der Waals surface area contributed by atoms with Crippen LogP contribution in [0.15, 0.2) is 41.0 Å². The Morgan fingerprint density at radius 3 is 3.00 bits per heavy atom. The summed E-state index contributed by atoms with van der Waals surface area (Å²) in [7, 11) is 0. The zero-order valence-corrected chi connectivity index (χ0v) is 10.2. The number of nitrogens with zero attached hydrogens (tertiary/aromatic N) is 1. The Morgan fingerprint density at radius 1 is 1.39 bits per heavy atom. The summed E-state index contributed by atoms with van der Waals surface area (Å²) in [5.41, 5.74) is 8.98. The Balaban J connectivity index is 2.02. The van der Waals surface area contributed by atoms with E-state index in [1.165, 1.54) is 5.56 Å². The van der Waals surface area contributed by atoms with Crippen LogP contribution in [-0.2, 0) is 6.42 Å². The highest BCUT2D eigenvalue weighted by Crippen LogP contribution is 2.21. The number of fused-ring (bicyclic) bond motifs is 1. The van der Waals surface area contributed by atoms with Crippen LogP contribution in [0.1, 0.15) is 12.5 Å². The van der Waals surface area contributed by atoms with E-state index >= 15 is 0 Å². The van der Waals surface area contributed by atoms with Crippen LogP contribution in [0.5, 0.6) is 0 Å². The summed E-state index contributed by atoms with van der Waals surface area (Å²) in [6.45, 7) is 2.01. The quantitative estimate of drug-likeness (QED) is 0.740. The molecule has 1 unspecified atom stereocenters. The molecule has 1 atom stereocenters. The Hall–Kier alpha value is -2.07. The summed E-state index contributed by atoms with van der Waals surface area (Å²) in [5, 5.41) is 0. The summed E-state index contributed by atoms with van der Waals surface area (Å²) < 4.78 is 5.33. The molecule has 0 aliphatic rings. The van der Waals surface area contributed by atoms with Crippen LogP contribution >= 0.6 is 0 Å². The zero-order chi connectivity index (χ0) is 12.5. The van der Waals surface area contributed by atoms with Gasteiger partial charge in [-0.2, -0.15) is 0 Å². The summed E-state index contributed by atoms with van der Waals surface area (Å²) in [4.78, 5) is 7.76. The number of nitrogens with two attached hydrogens (primary N) is 1. The first kappa shape index (κ1) is 11.0. The van der Waals surface area contributed by atoms with Crippen LogP contribution in [0, 0.1) is 0 Å². The first-order valence-corrected chi connectivity index (χ1v) is 6.00. The number of aromatic amines is 1. The molecule has 0 radical (unpaired) electrons. The molecule has 2 heterocycles. The van der Waals surface area contributed by atoms with E-state index < -0.39 is 0 Å². The second kappa shape index (κ2) is 4.31. The molecule has 0 aliphatic carbocycles. The van der Waals surface area contributed by atoms with Crippen molar-refractivity contribution < 1.29 is 4.42 Å². The molecule has 4 heteroatoms. The molecule has 4 nitrogen and oxygen atoms in total. The summed E-state index contributed by atoms with van der Waals surface area (Å²) in [6.07, 6.45) is 2.51. The van der Waals surface area contributed by atoms with Crippen molar-refractivity contribution in [2.75, 3.05) is 0 Å². The second-order valence-corrected chi connectivity index (χ2v) is 4.60. The van der Waals surface area contributed by atoms with Crippen molar-refractivity contribution in [1.82, 2.24) is 9.97 Å². The smallest absolute Gasteiger partial charge is 0.174 e. The van der Waals surface area contributed by atoms with Gasteiger partial charge in [-0.3, -0.25) is 0 Å². The first-order chi connectivity index (χ1) is 8.72.